The van der Waals surface area contributed by atoms with Crippen LogP contribution in [0.5, 0.6) is 0 Å². The number of anilines is 1. The Morgan fingerprint density at radius 2 is 1.71 bits per heavy atom. The van der Waals surface area contributed by atoms with Crippen molar-refractivity contribution in [2.24, 2.45) is 0 Å². The fourth-order valence-corrected chi connectivity index (χ4v) is 2.35. The number of likely N-dealkylation sites (N-methyl/N-ethyl adjacent to an activating group) is 1. The van der Waals surface area contributed by atoms with Crippen molar-refractivity contribution in [3.8, 4) is 0 Å². The lowest BCUT2D eigenvalue weighted by atomic mass is 10.0. The Kier molecular flexibility index (Phi) is 6.09. The molecular weight excluding hydrogens is 304 g/mol. The molecule has 2 aromatic carbocycles. The van der Waals surface area contributed by atoms with Crippen molar-refractivity contribution in [1.82, 2.24) is 4.90 Å². The summed E-state index contributed by atoms with van der Waals surface area (Å²) >= 11 is 0. The quantitative estimate of drug-likeness (QED) is 0.820. The van der Waals surface area contributed by atoms with Crippen LogP contribution in [-0.4, -0.2) is 41.5 Å². The number of aliphatic carboxylic acids is 1. The van der Waals surface area contributed by atoms with Crippen LogP contribution in [0.1, 0.15) is 18.1 Å². The summed E-state index contributed by atoms with van der Waals surface area (Å²) in [6.07, 6.45) is 0.721. The van der Waals surface area contributed by atoms with Crippen molar-refractivity contribution in [3.63, 3.8) is 0 Å². The van der Waals surface area contributed by atoms with E-state index < -0.39 is 12.0 Å². The molecule has 2 N–H and O–H groups in total. The number of hydrogen-bond acceptors (Lipinski definition) is 3. The normalized spacial score (nSPS) is 12.0. The lowest BCUT2D eigenvalue weighted by Gasteiger charge is -2.20. The van der Waals surface area contributed by atoms with Crippen molar-refractivity contribution in [2.45, 2.75) is 19.4 Å². The molecule has 0 saturated carbocycles. The van der Waals surface area contributed by atoms with Gasteiger partial charge in [0.2, 0.25) is 5.91 Å². The number of nitrogens with one attached hydrogen (secondary N) is 1. The molecule has 1 atom stereocenters. The molecule has 0 radical (unpaired) electrons. The second-order valence-electron chi connectivity index (χ2n) is 5.80. The minimum absolute atomic E-state index is 0.0210. The van der Waals surface area contributed by atoms with Crippen LogP contribution in [0.4, 0.5) is 5.69 Å². The minimum Gasteiger partial charge on any atom is -0.480 e. The Morgan fingerprint density at radius 1 is 1.08 bits per heavy atom. The first-order valence-corrected chi connectivity index (χ1v) is 7.82. The Bertz CT molecular complexity index is 701. The second-order valence-corrected chi connectivity index (χ2v) is 5.80. The molecule has 0 spiro atoms. The molecule has 0 bridgehead atoms. The number of carboxylic acid groups (broad SMARTS) is 1. The lowest BCUT2D eigenvalue weighted by molar-refractivity contribution is -0.142. The zero-order valence-corrected chi connectivity index (χ0v) is 13.9. The van der Waals surface area contributed by atoms with Gasteiger partial charge in [-0.3, -0.25) is 14.5 Å². The maximum Gasteiger partial charge on any atom is 0.320 e. The monoisotopic (exact) mass is 326 g/mol. The van der Waals surface area contributed by atoms with Crippen LogP contribution in [0.25, 0.3) is 0 Å². The van der Waals surface area contributed by atoms with E-state index in [1.165, 1.54) is 4.90 Å². The summed E-state index contributed by atoms with van der Waals surface area (Å²) in [6.45, 7) is 1.58. The van der Waals surface area contributed by atoms with Gasteiger partial charge in [-0.05, 0) is 37.6 Å². The van der Waals surface area contributed by atoms with Crippen molar-refractivity contribution < 1.29 is 14.7 Å². The van der Waals surface area contributed by atoms with E-state index in [0.29, 0.717) is 0 Å². The highest BCUT2D eigenvalue weighted by molar-refractivity contribution is 5.93. The lowest BCUT2D eigenvalue weighted by Crippen LogP contribution is -2.40. The molecule has 1 unspecified atom stereocenters. The molecule has 0 saturated heterocycles. The van der Waals surface area contributed by atoms with Gasteiger partial charge in [-0.25, -0.2) is 0 Å². The largest absolute Gasteiger partial charge is 0.480 e. The first-order valence-electron chi connectivity index (χ1n) is 7.82. The van der Waals surface area contributed by atoms with Crippen molar-refractivity contribution >= 4 is 17.6 Å². The summed E-state index contributed by atoms with van der Waals surface area (Å²) in [5, 5.41) is 11.9. The molecule has 0 aliphatic carbocycles. The Labute approximate surface area is 141 Å². The average molecular weight is 326 g/mol. The van der Waals surface area contributed by atoms with Gasteiger partial charge >= 0.3 is 5.97 Å². The number of hydrogen-bond donors (Lipinski definition) is 2. The predicted molar refractivity (Wildman–Crippen MR) is 94.0 cm³/mol. The number of benzene rings is 2. The molecule has 5 heteroatoms. The van der Waals surface area contributed by atoms with Crippen LogP contribution < -0.4 is 5.32 Å². The van der Waals surface area contributed by atoms with Crippen LogP contribution in [0.15, 0.2) is 54.6 Å². The summed E-state index contributed by atoms with van der Waals surface area (Å²) in [6, 6.07) is 17.0. The van der Waals surface area contributed by atoms with Gasteiger partial charge in [-0.15, -0.1) is 0 Å². The van der Waals surface area contributed by atoms with E-state index in [1.54, 1.807) is 14.0 Å². The molecule has 5 nitrogen and oxygen atoms in total. The highest BCUT2D eigenvalue weighted by atomic mass is 16.4. The van der Waals surface area contributed by atoms with Gasteiger partial charge in [0.1, 0.15) is 6.04 Å². The van der Waals surface area contributed by atoms with Gasteiger partial charge in [0.25, 0.3) is 0 Å². The summed E-state index contributed by atoms with van der Waals surface area (Å²) in [4.78, 5) is 24.7. The number of para-hydroxylation sites is 1. The molecule has 0 aliphatic rings. The SMILES string of the molecule is CC(C(=O)O)N(C)CC(=O)Nc1ccccc1Cc1ccccc1. The Morgan fingerprint density at radius 3 is 2.38 bits per heavy atom. The third-order valence-corrected chi connectivity index (χ3v) is 3.94. The van der Waals surface area contributed by atoms with E-state index in [0.717, 1.165) is 23.2 Å². The first-order chi connectivity index (χ1) is 11.5. The maximum absolute atomic E-state index is 12.2. The Hall–Kier alpha value is -2.66. The zero-order valence-electron chi connectivity index (χ0n) is 13.9. The molecule has 0 heterocycles. The number of carboxylic acids is 1. The molecule has 24 heavy (non-hydrogen) atoms. The van der Waals surface area contributed by atoms with Crippen molar-refractivity contribution in [1.29, 1.82) is 0 Å². The van der Waals surface area contributed by atoms with Crippen LogP contribution in [-0.2, 0) is 16.0 Å². The highest BCUT2D eigenvalue weighted by Crippen LogP contribution is 2.19. The number of nitrogens with zero attached hydrogens (tertiary/aromatic N) is 1. The standard InChI is InChI=1S/C19H22N2O3/c1-14(19(23)24)21(2)13-18(22)20-17-11-7-6-10-16(17)12-15-8-4-3-5-9-15/h3-11,14H,12-13H2,1-2H3,(H,20,22)(H,23,24). The van der Waals surface area contributed by atoms with Crippen LogP contribution in [0.2, 0.25) is 0 Å². The smallest absolute Gasteiger partial charge is 0.320 e. The molecule has 1 amide bonds. The van der Waals surface area contributed by atoms with Gasteiger partial charge in [-0.2, -0.15) is 0 Å². The van der Waals surface area contributed by atoms with E-state index in [2.05, 4.69) is 5.32 Å². The molecular formula is C19H22N2O3. The average Bonchev–Trinajstić information content (AvgIpc) is 2.56. The number of amides is 1. The van der Waals surface area contributed by atoms with Crippen LogP contribution in [0, 0.1) is 0 Å². The third-order valence-electron chi connectivity index (χ3n) is 3.94. The van der Waals surface area contributed by atoms with E-state index in [4.69, 9.17) is 5.11 Å². The molecule has 2 rings (SSSR count). The van der Waals surface area contributed by atoms with Gasteiger partial charge in [0.15, 0.2) is 0 Å². The number of carbonyl (C=O) groups is 2. The summed E-state index contributed by atoms with van der Waals surface area (Å²) < 4.78 is 0. The van der Waals surface area contributed by atoms with E-state index in [1.807, 2.05) is 54.6 Å². The zero-order chi connectivity index (χ0) is 17.5. The van der Waals surface area contributed by atoms with Gasteiger partial charge in [-0.1, -0.05) is 48.5 Å². The van der Waals surface area contributed by atoms with Crippen molar-refractivity contribution in [3.05, 3.63) is 65.7 Å². The fraction of sp³-hybridized carbons (Fsp3) is 0.263. The Balaban J connectivity index is 2.04. The predicted octanol–water partition coefficient (Wildman–Crippen LogP) is 2.62. The minimum atomic E-state index is -0.949. The van der Waals surface area contributed by atoms with Gasteiger partial charge in [0.05, 0.1) is 6.54 Å². The van der Waals surface area contributed by atoms with Gasteiger partial charge < -0.3 is 10.4 Å². The molecule has 126 valence electrons. The van der Waals surface area contributed by atoms with Crippen LogP contribution >= 0.6 is 0 Å². The molecule has 0 fully saturated rings. The van der Waals surface area contributed by atoms with E-state index in [9.17, 15) is 9.59 Å². The molecule has 0 aliphatic heterocycles. The second kappa shape index (κ2) is 8.26. The van der Waals surface area contributed by atoms with E-state index in [-0.39, 0.29) is 12.5 Å². The highest BCUT2D eigenvalue weighted by Gasteiger charge is 2.19. The van der Waals surface area contributed by atoms with E-state index >= 15 is 0 Å². The number of carbonyl (C=O) groups excluding carboxylic acids is 1. The van der Waals surface area contributed by atoms with Gasteiger partial charge in [0, 0.05) is 5.69 Å². The maximum atomic E-state index is 12.2. The molecule has 0 aromatic heterocycles. The van der Waals surface area contributed by atoms with Crippen LogP contribution in [0.3, 0.4) is 0 Å². The summed E-state index contributed by atoms with van der Waals surface area (Å²) in [5.41, 5.74) is 2.93. The third kappa shape index (κ3) is 4.93. The summed E-state index contributed by atoms with van der Waals surface area (Å²) in [7, 11) is 1.62. The fourth-order valence-electron chi connectivity index (χ4n) is 2.35. The van der Waals surface area contributed by atoms with Crippen molar-refractivity contribution in [2.75, 3.05) is 18.9 Å². The molecule has 2 aromatic rings. The summed E-state index contributed by atoms with van der Waals surface area (Å²) in [5.74, 6) is -1.18. The first kappa shape index (κ1) is 17.7. The number of rotatable bonds is 7. The topological polar surface area (TPSA) is 69.6 Å².